The van der Waals surface area contributed by atoms with Gasteiger partial charge in [-0.05, 0) is 31.2 Å². The fourth-order valence-corrected chi connectivity index (χ4v) is 2.80. The summed E-state index contributed by atoms with van der Waals surface area (Å²) in [6.07, 6.45) is 1.15. The highest BCUT2D eigenvalue weighted by atomic mass is 32.2. The second kappa shape index (κ2) is 9.27. The zero-order chi connectivity index (χ0) is 14.1. The highest BCUT2D eigenvalue weighted by molar-refractivity contribution is 7.99. The van der Waals surface area contributed by atoms with E-state index in [-0.39, 0.29) is 0 Å². The van der Waals surface area contributed by atoms with Gasteiger partial charge in [-0.1, -0.05) is 39.0 Å². The van der Waals surface area contributed by atoms with Gasteiger partial charge in [-0.2, -0.15) is 11.8 Å². The van der Waals surface area contributed by atoms with Crippen LogP contribution in [0.3, 0.4) is 0 Å². The van der Waals surface area contributed by atoms with Crippen LogP contribution in [0.25, 0.3) is 0 Å². The minimum Gasteiger partial charge on any atom is -0.494 e. The quantitative estimate of drug-likeness (QED) is 0.730. The Morgan fingerprint density at radius 1 is 1.21 bits per heavy atom. The molecular weight excluding hydrogens is 254 g/mol. The molecule has 0 heterocycles. The molecule has 0 radical (unpaired) electrons. The number of hydrogen-bond acceptors (Lipinski definition) is 3. The molecule has 0 saturated carbocycles. The normalized spacial score (nSPS) is 12.7. The summed E-state index contributed by atoms with van der Waals surface area (Å²) in [5.74, 6) is 2.10. The van der Waals surface area contributed by atoms with Crippen molar-refractivity contribution in [2.45, 2.75) is 45.4 Å². The molecule has 19 heavy (non-hydrogen) atoms. The van der Waals surface area contributed by atoms with Crippen LogP contribution >= 0.6 is 11.8 Å². The van der Waals surface area contributed by atoms with Gasteiger partial charge >= 0.3 is 0 Å². The van der Waals surface area contributed by atoms with E-state index in [1.807, 2.05) is 24.8 Å². The van der Waals surface area contributed by atoms with Crippen molar-refractivity contribution in [1.29, 1.82) is 0 Å². The van der Waals surface area contributed by atoms with Crippen LogP contribution in [0.2, 0.25) is 0 Å². The Morgan fingerprint density at radius 2 is 1.95 bits per heavy atom. The summed E-state index contributed by atoms with van der Waals surface area (Å²) in [4.78, 5) is 0. The van der Waals surface area contributed by atoms with Crippen LogP contribution in [-0.2, 0) is 0 Å². The van der Waals surface area contributed by atoms with Gasteiger partial charge in [-0.25, -0.2) is 0 Å². The van der Waals surface area contributed by atoms with Crippen LogP contribution in [-0.4, -0.2) is 24.2 Å². The van der Waals surface area contributed by atoms with Crippen LogP contribution in [0.5, 0.6) is 5.75 Å². The number of benzene rings is 1. The zero-order valence-corrected chi connectivity index (χ0v) is 13.4. The van der Waals surface area contributed by atoms with Gasteiger partial charge in [0.2, 0.25) is 0 Å². The number of thioether (sulfide) groups is 1. The second-order valence-electron chi connectivity index (χ2n) is 4.86. The van der Waals surface area contributed by atoms with E-state index in [1.54, 1.807) is 0 Å². The van der Waals surface area contributed by atoms with Gasteiger partial charge in [0, 0.05) is 17.4 Å². The summed E-state index contributed by atoms with van der Waals surface area (Å²) in [5.41, 5.74) is 1.28. The Bertz CT molecular complexity index is 354. The lowest BCUT2D eigenvalue weighted by molar-refractivity contribution is 0.332. The van der Waals surface area contributed by atoms with Crippen LogP contribution < -0.4 is 10.1 Å². The maximum absolute atomic E-state index is 5.76. The van der Waals surface area contributed by atoms with Crippen molar-refractivity contribution in [1.82, 2.24) is 5.32 Å². The standard InChI is InChI=1S/C16H27NOS/c1-5-11-17-15(12-19-13(3)4)14-9-7-8-10-16(14)18-6-2/h7-10,13,15,17H,5-6,11-12H2,1-4H3. The molecule has 2 nitrogen and oxygen atoms in total. The number of rotatable bonds is 9. The maximum atomic E-state index is 5.76. The van der Waals surface area contributed by atoms with E-state index in [0.29, 0.717) is 11.3 Å². The lowest BCUT2D eigenvalue weighted by Crippen LogP contribution is -2.25. The lowest BCUT2D eigenvalue weighted by atomic mass is 10.1. The highest BCUT2D eigenvalue weighted by Crippen LogP contribution is 2.28. The smallest absolute Gasteiger partial charge is 0.124 e. The monoisotopic (exact) mass is 281 g/mol. The van der Waals surface area contributed by atoms with Gasteiger partial charge in [0.1, 0.15) is 5.75 Å². The van der Waals surface area contributed by atoms with Crippen LogP contribution in [0.1, 0.15) is 45.7 Å². The Morgan fingerprint density at radius 3 is 2.58 bits per heavy atom. The Labute approximate surface area is 122 Å². The van der Waals surface area contributed by atoms with Crippen molar-refractivity contribution in [3.63, 3.8) is 0 Å². The molecule has 0 spiro atoms. The fourth-order valence-electron chi connectivity index (χ4n) is 1.92. The summed E-state index contributed by atoms with van der Waals surface area (Å²) in [6.45, 7) is 10.5. The molecule has 1 unspecified atom stereocenters. The van der Waals surface area contributed by atoms with Crippen LogP contribution in [0.15, 0.2) is 24.3 Å². The van der Waals surface area contributed by atoms with Crippen molar-refractivity contribution in [3.05, 3.63) is 29.8 Å². The Balaban J connectivity index is 2.82. The number of ether oxygens (including phenoxy) is 1. The van der Waals surface area contributed by atoms with Crippen molar-refractivity contribution >= 4 is 11.8 Å². The van der Waals surface area contributed by atoms with Crippen molar-refractivity contribution in [3.8, 4) is 5.75 Å². The molecule has 108 valence electrons. The van der Waals surface area contributed by atoms with E-state index in [2.05, 4.69) is 44.3 Å². The van der Waals surface area contributed by atoms with E-state index in [4.69, 9.17) is 4.74 Å². The first-order chi connectivity index (χ1) is 9.19. The number of nitrogens with one attached hydrogen (secondary N) is 1. The first-order valence-corrected chi connectivity index (χ1v) is 8.30. The van der Waals surface area contributed by atoms with E-state index >= 15 is 0 Å². The molecule has 1 aromatic rings. The van der Waals surface area contributed by atoms with Crippen molar-refractivity contribution in [2.75, 3.05) is 18.9 Å². The van der Waals surface area contributed by atoms with E-state index in [0.717, 1.165) is 31.1 Å². The molecule has 1 aromatic carbocycles. The predicted octanol–water partition coefficient (Wildman–Crippen LogP) is 4.27. The highest BCUT2D eigenvalue weighted by Gasteiger charge is 2.15. The third-order valence-electron chi connectivity index (χ3n) is 2.83. The third kappa shape index (κ3) is 5.87. The second-order valence-corrected chi connectivity index (χ2v) is 6.47. The molecular formula is C16H27NOS. The molecule has 0 saturated heterocycles. The van der Waals surface area contributed by atoms with Gasteiger partial charge in [0.25, 0.3) is 0 Å². The molecule has 0 aliphatic heterocycles. The van der Waals surface area contributed by atoms with Crippen LogP contribution in [0, 0.1) is 0 Å². The molecule has 0 aliphatic rings. The minimum absolute atomic E-state index is 0.370. The lowest BCUT2D eigenvalue weighted by Gasteiger charge is -2.22. The zero-order valence-electron chi connectivity index (χ0n) is 12.6. The van der Waals surface area contributed by atoms with Gasteiger partial charge in [0.05, 0.1) is 6.61 Å². The van der Waals surface area contributed by atoms with Gasteiger partial charge in [-0.15, -0.1) is 0 Å². The Kier molecular flexibility index (Phi) is 7.99. The molecule has 0 fully saturated rings. The van der Waals surface area contributed by atoms with Crippen LogP contribution in [0.4, 0.5) is 0 Å². The van der Waals surface area contributed by atoms with E-state index < -0.39 is 0 Å². The summed E-state index contributed by atoms with van der Waals surface area (Å²) in [6, 6.07) is 8.76. The van der Waals surface area contributed by atoms with Crippen molar-refractivity contribution < 1.29 is 4.74 Å². The van der Waals surface area contributed by atoms with E-state index in [9.17, 15) is 0 Å². The third-order valence-corrected chi connectivity index (χ3v) is 4.02. The fraction of sp³-hybridized carbons (Fsp3) is 0.625. The SMILES string of the molecule is CCCNC(CSC(C)C)c1ccccc1OCC. The van der Waals surface area contributed by atoms with Gasteiger partial charge in [-0.3, -0.25) is 0 Å². The first-order valence-electron chi connectivity index (χ1n) is 7.25. The molecule has 0 aromatic heterocycles. The average molecular weight is 281 g/mol. The van der Waals surface area contributed by atoms with Gasteiger partial charge < -0.3 is 10.1 Å². The molecule has 3 heteroatoms. The van der Waals surface area contributed by atoms with E-state index in [1.165, 1.54) is 5.56 Å². The topological polar surface area (TPSA) is 21.3 Å². The summed E-state index contributed by atoms with van der Waals surface area (Å²) in [5, 5.41) is 4.30. The summed E-state index contributed by atoms with van der Waals surface area (Å²) < 4.78 is 5.76. The maximum Gasteiger partial charge on any atom is 0.124 e. The number of hydrogen-bond donors (Lipinski definition) is 1. The molecule has 0 bridgehead atoms. The molecule has 0 amide bonds. The average Bonchev–Trinajstić information content (AvgIpc) is 2.40. The van der Waals surface area contributed by atoms with Gasteiger partial charge in [0.15, 0.2) is 0 Å². The first kappa shape index (κ1) is 16.4. The van der Waals surface area contributed by atoms with Crippen molar-refractivity contribution in [2.24, 2.45) is 0 Å². The molecule has 1 rings (SSSR count). The summed E-state index contributed by atoms with van der Waals surface area (Å²) in [7, 11) is 0. The largest absolute Gasteiger partial charge is 0.494 e. The summed E-state index contributed by atoms with van der Waals surface area (Å²) >= 11 is 1.99. The molecule has 0 aliphatic carbocycles. The number of para-hydroxylation sites is 1. The Hall–Kier alpha value is -0.670. The molecule has 1 N–H and O–H groups in total. The molecule has 1 atom stereocenters. The minimum atomic E-state index is 0.370. The predicted molar refractivity (Wildman–Crippen MR) is 86.2 cm³/mol.